The molecule has 1 heterocycles. The SMILES string of the molecule is CC1CCCCC1Oc1cc(CO)nc2ccccc12. The molecule has 0 saturated heterocycles. The summed E-state index contributed by atoms with van der Waals surface area (Å²) in [5.41, 5.74) is 1.56. The van der Waals surface area contributed by atoms with Crippen molar-refractivity contribution in [2.24, 2.45) is 5.92 Å². The molecule has 1 N–H and O–H groups in total. The number of hydrogen-bond donors (Lipinski definition) is 1. The normalized spacial score (nSPS) is 22.9. The molecule has 3 nitrogen and oxygen atoms in total. The maximum absolute atomic E-state index is 9.36. The van der Waals surface area contributed by atoms with Crippen molar-refractivity contribution >= 4 is 10.9 Å². The molecule has 1 aromatic heterocycles. The summed E-state index contributed by atoms with van der Waals surface area (Å²) < 4.78 is 6.27. The Hall–Kier alpha value is -1.61. The average molecular weight is 271 g/mol. The van der Waals surface area contributed by atoms with E-state index in [2.05, 4.69) is 11.9 Å². The quantitative estimate of drug-likeness (QED) is 0.926. The number of nitrogens with zero attached hydrogens (tertiary/aromatic N) is 1. The summed E-state index contributed by atoms with van der Waals surface area (Å²) in [5, 5.41) is 10.4. The van der Waals surface area contributed by atoms with Crippen molar-refractivity contribution < 1.29 is 9.84 Å². The van der Waals surface area contributed by atoms with Gasteiger partial charge >= 0.3 is 0 Å². The molecule has 0 aliphatic heterocycles. The van der Waals surface area contributed by atoms with Gasteiger partial charge in [-0.1, -0.05) is 25.5 Å². The van der Waals surface area contributed by atoms with Crippen molar-refractivity contribution in [3.8, 4) is 5.75 Å². The maximum Gasteiger partial charge on any atom is 0.131 e. The molecule has 3 rings (SSSR count). The highest BCUT2D eigenvalue weighted by molar-refractivity contribution is 5.85. The fourth-order valence-electron chi connectivity index (χ4n) is 2.99. The number of para-hydroxylation sites is 1. The largest absolute Gasteiger partial charge is 0.489 e. The minimum atomic E-state index is -0.0542. The van der Waals surface area contributed by atoms with Crippen LogP contribution in [0.4, 0.5) is 0 Å². The van der Waals surface area contributed by atoms with E-state index in [1.165, 1.54) is 19.3 Å². The van der Waals surface area contributed by atoms with E-state index in [1.54, 1.807) is 0 Å². The van der Waals surface area contributed by atoms with Crippen molar-refractivity contribution in [2.45, 2.75) is 45.3 Å². The first-order valence-electron chi connectivity index (χ1n) is 7.44. The van der Waals surface area contributed by atoms with E-state index < -0.39 is 0 Å². The summed E-state index contributed by atoms with van der Waals surface area (Å²) in [6.45, 7) is 2.21. The van der Waals surface area contributed by atoms with Crippen LogP contribution in [0.3, 0.4) is 0 Å². The summed E-state index contributed by atoms with van der Waals surface area (Å²) in [4.78, 5) is 4.44. The van der Waals surface area contributed by atoms with E-state index in [1.807, 2.05) is 30.3 Å². The zero-order chi connectivity index (χ0) is 13.9. The Balaban J connectivity index is 1.96. The predicted molar refractivity (Wildman–Crippen MR) is 79.7 cm³/mol. The average Bonchev–Trinajstić information content (AvgIpc) is 2.49. The van der Waals surface area contributed by atoms with Gasteiger partial charge in [0.25, 0.3) is 0 Å². The molecular formula is C17H21NO2. The first kappa shape index (κ1) is 13.4. The van der Waals surface area contributed by atoms with Crippen LogP contribution in [-0.2, 0) is 6.61 Å². The molecule has 2 unspecified atom stereocenters. The highest BCUT2D eigenvalue weighted by Gasteiger charge is 2.23. The van der Waals surface area contributed by atoms with Crippen molar-refractivity contribution in [2.75, 3.05) is 0 Å². The van der Waals surface area contributed by atoms with E-state index in [-0.39, 0.29) is 12.7 Å². The second-order valence-electron chi connectivity index (χ2n) is 5.71. The van der Waals surface area contributed by atoms with E-state index >= 15 is 0 Å². The number of fused-ring (bicyclic) bond motifs is 1. The van der Waals surface area contributed by atoms with Gasteiger partial charge < -0.3 is 9.84 Å². The zero-order valence-corrected chi connectivity index (χ0v) is 11.9. The topological polar surface area (TPSA) is 42.4 Å². The fourth-order valence-corrected chi connectivity index (χ4v) is 2.99. The molecule has 2 aromatic rings. The third-order valence-corrected chi connectivity index (χ3v) is 4.20. The van der Waals surface area contributed by atoms with Crippen molar-refractivity contribution in [3.05, 3.63) is 36.0 Å². The number of ether oxygens (including phenoxy) is 1. The number of benzene rings is 1. The van der Waals surface area contributed by atoms with E-state index in [9.17, 15) is 5.11 Å². The Morgan fingerprint density at radius 2 is 2.05 bits per heavy atom. The van der Waals surface area contributed by atoms with Crippen LogP contribution in [0.5, 0.6) is 5.75 Å². The van der Waals surface area contributed by atoms with Crippen LogP contribution in [0, 0.1) is 5.92 Å². The Morgan fingerprint density at radius 3 is 2.85 bits per heavy atom. The number of aliphatic hydroxyl groups is 1. The molecule has 0 amide bonds. The molecule has 1 aliphatic carbocycles. The molecule has 1 aliphatic rings. The van der Waals surface area contributed by atoms with E-state index in [0.717, 1.165) is 23.1 Å². The van der Waals surface area contributed by atoms with Crippen LogP contribution in [0.25, 0.3) is 10.9 Å². The van der Waals surface area contributed by atoms with E-state index in [4.69, 9.17) is 4.74 Å². The molecule has 106 valence electrons. The lowest BCUT2D eigenvalue weighted by atomic mass is 9.88. The van der Waals surface area contributed by atoms with Gasteiger partial charge in [0.05, 0.1) is 17.8 Å². The van der Waals surface area contributed by atoms with Gasteiger partial charge in [0.2, 0.25) is 0 Å². The summed E-state index contributed by atoms with van der Waals surface area (Å²) in [5.74, 6) is 1.45. The highest BCUT2D eigenvalue weighted by atomic mass is 16.5. The fraction of sp³-hybridized carbons (Fsp3) is 0.471. The van der Waals surface area contributed by atoms with Crippen LogP contribution in [0.1, 0.15) is 38.3 Å². The number of aromatic nitrogens is 1. The molecule has 3 heteroatoms. The Morgan fingerprint density at radius 1 is 1.25 bits per heavy atom. The minimum Gasteiger partial charge on any atom is -0.489 e. The molecule has 1 saturated carbocycles. The lowest BCUT2D eigenvalue weighted by molar-refractivity contribution is 0.104. The van der Waals surface area contributed by atoms with Crippen LogP contribution < -0.4 is 4.74 Å². The van der Waals surface area contributed by atoms with Crippen molar-refractivity contribution in [3.63, 3.8) is 0 Å². The molecule has 2 atom stereocenters. The van der Waals surface area contributed by atoms with Gasteiger partial charge in [-0.15, -0.1) is 0 Å². The molecular weight excluding hydrogens is 250 g/mol. The van der Waals surface area contributed by atoms with Crippen LogP contribution in [0.2, 0.25) is 0 Å². The van der Waals surface area contributed by atoms with Crippen LogP contribution in [0.15, 0.2) is 30.3 Å². The summed E-state index contributed by atoms with van der Waals surface area (Å²) in [6.07, 6.45) is 5.18. The number of rotatable bonds is 3. The molecule has 0 bridgehead atoms. The third-order valence-electron chi connectivity index (χ3n) is 4.20. The third kappa shape index (κ3) is 2.63. The van der Waals surface area contributed by atoms with Gasteiger partial charge in [-0.3, -0.25) is 4.98 Å². The first-order chi connectivity index (χ1) is 9.78. The monoisotopic (exact) mass is 271 g/mol. The summed E-state index contributed by atoms with van der Waals surface area (Å²) in [7, 11) is 0. The Labute approximate surface area is 119 Å². The number of hydrogen-bond acceptors (Lipinski definition) is 3. The van der Waals surface area contributed by atoms with Crippen LogP contribution in [-0.4, -0.2) is 16.2 Å². The van der Waals surface area contributed by atoms with Crippen molar-refractivity contribution in [1.29, 1.82) is 0 Å². The molecule has 1 fully saturated rings. The Bertz CT molecular complexity index is 597. The zero-order valence-electron chi connectivity index (χ0n) is 11.9. The first-order valence-corrected chi connectivity index (χ1v) is 7.44. The maximum atomic E-state index is 9.36. The minimum absolute atomic E-state index is 0.0542. The van der Waals surface area contributed by atoms with Gasteiger partial charge in [0.1, 0.15) is 11.9 Å². The van der Waals surface area contributed by atoms with Crippen molar-refractivity contribution in [1.82, 2.24) is 4.98 Å². The molecule has 1 aromatic carbocycles. The van der Waals surface area contributed by atoms with Crippen LogP contribution >= 0.6 is 0 Å². The summed E-state index contributed by atoms with van der Waals surface area (Å²) in [6, 6.07) is 9.84. The van der Waals surface area contributed by atoms with E-state index in [0.29, 0.717) is 11.6 Å². The van der Waals surface area contributed by atoms with Gasteiger partial charge in [-0.25, -0.2) is 0 Å². The standard InChI is InChI=1S/C17H21NO2/c1-12-6-2-5-9-16(12)20-17-10-13(11-19)18-15-8-4-3-7-14(15)17/h3-4,7-8,10,12,16,19H,2,5-6,9,11H2,1H3. The lowest BCUT2D eigenvalue weighted by Gasteiger charge is -2.29. The van der Waals surface area contributed by atoms with Gasteiger partial charge in [0.15, 0.2) is 0 Å². The number of aliphatic hydroxyl groups excluding tert-OH is 1. The highest BCUT2D eigenvalue weighted by Crippen LogP contribution is 2.32. The van der Waals surface area contributed by atoms with Gasteiger partial charge in [-0.2, -0.15) is 0 Å². The lowest BCUT2D eigenvalue weighted by Crippen LogP contribution is -2.28. The Kier molecular flexibility index (Phi) is 3.88. The molecule has 0 radical (unpaired) electrons. The second kappa shape index (κ2) is 5.80. The second-order valence-corrected chi connectivity index (χ2v) is 5.71. The van der Waals surface area contributed by atoms with Gasteiger partial charge in [0, 0.05) is 11.5 Å². The predicted octanol–water partition coefficient (Wildman–Crippen LogP) is 3.68. The smallest absolute Gasteiger partial charge is 0.131 e. The molecule has 20 heavy (non-hydrogen) atoms. The summed E-state index contributed by atoms with van der Waals surface area (Å²) >= 11 is 0. The van der Waals surface area contributed by atoms with Gasteiger partial charge in [-0.05, 0) is 37.3 Å². The molecule has 0 spiro atoms. The number of pyridine rings is 1.